The number of H-pyrrole nitrogens is 1. The lowest BCUT2D eigenvalue weighted by molar-refractivity contribution is -0.122. The number of aromatic amines is 1. The molecule has 5 nitrogen and oxygen atoms in total. The average molecular weight is 393 g/mol. The lowest BCUT2D eigenvalue weighted by Crippen LogP contribution is -2.39. The van der Waals surface area contributed by atoms with E-state index >= 15 is 0 Å². The van der Waals surface area contributed by atoms with Crippen molar-refractivity contribution in [1.82, 2.24) is 4.98 Å². The second-order valence-corrected chi connectivity index (χ2v) is 7.79. The lowest BCUT2D eigenvalue weighted by Gasteiger charge is -2.39. The van der Waals surface area contributed by atoms with E-state index in [0.29, 0.717) is 6.61 Å². The van der Waals surface area contributed by atoms with E-state index in [9.17, 15) is 4.79 Å². The molecule has 1 aromatic heterocycles. The molecule has 1 unspecified atom stereocenters. The first-order chi connectivity index (χ1) is 14.0. The van der Waals surface area contributed by atoms with Crippen LogP contribution in [0.25, 0.3) is 10.9 Å². The van der Waals surface area contributed by atoms with Crippen molar-refractivity contribution in [1.29, 1.82) is 0 Å². The van der Waals surface area contributed by atoms with Gasteiger partial charge in [-0.25, -0.2) is 0 Å². The minimum atomic E-state index is -0.338. The van der Waals surface area contributed by atoms with Crippen molar-refractivity contribution < 1.29 is 14.2 Å². The van der Waals surface area contributed by atoms with Crippen LogP contribution in [0.15, 0.2) is 59.4 Å². The predicted octanol–water partition coefficient (Wildman–Crippen LogP) is 4.71. The third-order valence-electron chi connectivity index (χ3n) is 5.81. The fraction of sp³-hybridized carbons (Fsp3) is 0.375. The van der Waals surface area contributed by atoms with E-state index in [4.69, 9.17) is 14.2 Å². The molecule has 3 atom stereocenters. The maximum Gasteiger partial charge on any atom is 0.248 e. The van der Waals surface area contributed by atoms with Gasteiger partial charge in [-0.2, -0.15) is 0 Å². The van der Waals surface area contributed by atoms with Gasteiger partial charge in [0.25, 0.3) is 0 Å². The monoisotopic (exact) mass is 393 g/mol. The van der Waals surface area contributed by atoms with Gasteiger partial charge in [-0.3, -0.25) is 4.79 Å². The van der Waals surface area contributed by atoms with Crippen LogP contribution >= 0.6 is 0 Å². The number of pyridine rings is 1. The Labute approximate surface area is 170 Å². The van der Waals surface area contributed by atoms with Crippen molar-refractivity contribution in [2.75, 3.05) is 13.7 Å². The molecule has 1 aliphatic heterocycles. The van der Waals surface area contributed by atoms with Crippen LogP contribution < -0.4 is 10.3 Å². The minimum absolute atomic E-state index is 0.0964. The van der Waals surface area contributed by atoms with Crippen LogP contribution in [0.4, 0.5) is 0 Å². The standard InChI is InChI=1S/C24H27NO4/c1-16-15-24(27-3,11-12-28-16)20-5-4-6-21(14-20)29-17(2)18-7-9-22-19(13-18)8-10-23(26)25-22/h4-10,13-14,16-17H,11-12,15H2,1-3H3,(H,25,26)/t16-,17?,24+/m0/s1. The molecule has 5 heteroatoms. The van der Waals surface area contributed by atoms with Gasteiger partial charge in [-0.1, -0.05) is 18.2 Å². The Morgan fingerprint density at radius 2 is 2.03 bits per heavy atom. The smallest absolute Gasteiger partial charge is 0.248 e. The molecule has 0 saturated carbocycles. The van der Waals surface area contributed by atoms with Gasteiger partial charge < -0.3 is 19.2 Å². The first-order valence-electron chi connectivity index (χ1n) is 10.1. The number of rotatable bonds is 5. The summed E-state index contributed by atoms with van der Waals surface area (Å²) in [6.07, 6.45) is 1.69. The highest BCUT2D eigenvalue weighted by Crippen LogP contribution is 2.39. The van der Waals surface area contributed by atoms with Crippen LogP contribution in [-0.2, 0) is 15.1 Å². The van der Waals surface area contributed by atoms with Crippen LogP contribution in [0.5, 0.6) is 5.75 Å². The zero-order valence-corrected chi connectivity index (χ0v) is 17.1. The van der Waals surface area contributed by atoms with Gasteiger partial charge in [0.2, 0.25) is 5.56 Å². The van der Waals surface area contributed by atoms with Crippen molar-refractivity contribution in [2.24, 2.45) is 0 Å². The van der Waals surface area contributed by atoms with E-state index in [-0.39, 0.29) is 23.4 Å². The van der Waals surface area contributed by atoms with Gasteiger partial charge in [-0.05, 0) is 60.7 Å². The Morgan fingerprint density at radius 3 is 2.83 bits per heavy atom. The zero-order chi connectivity index (χ0) is 20.4. The fourth-order valence-electron chi connectivity index (χ4n) is 4.17. The molecule has 0 bridgehead atoms. The van der Waals surface area contributed by atoms with Gasteiger partial charge in [0, 0.05) is 31.5 Å². The summed E-state index contributed by atoms with van der Waals surface area (Å²) >= 11 is 0. The summed E-state index contributed by atoms with van der Waals surface area (Å²) in [5, 5.41) is 0.987. The highest BCUT2D eigenvalue weighted by Gasteiger charge is 2.37. The molecule has 0 amide bonds. The molecule has 1 saturated heterocycles. The molecule has 29 heavy (non-hydrogen) atoms. The summed E-state index contributed by atoms with van der Waals surface area (Å²) in [7, 11) is 1.77. The Bertz CT molecular complexity index is 1060. The summed E-state index contributed by atoms with van der Waals surface area (Å²) in [5.41, 5.74) is 2.56. The van der Waals surface area contributed by atoms with E-state index in [1.807, 2.05) is 37.3 Å². The number of nitrogens with one attached hydrogen (secondary N) is 1. The average Bonchev–Trinajstić information content (AvgIpc) is 2.73. The SMILES string of the molecule is CO[C@]1(c2cccc(OC(C)c3ccc4[nH]c(=O)ccc4c3)c2)CCO[C@@H](C)C1. The summed E-state index contributed by atoms with van der Waals surface area (Å²) < 4.78 is 18.0. The van der Waals surface area contributed by atoms with E-state index in [0.717, 1.165) is 40.6 Å². The summed E-state index contributed by atoms with van der Waals surface area (Å²) in [4.78, 5) is 14.3. The molecular formula is C24H27NO4. The number of methoxy groups -OCH3 is 1. The summed E-state index contributed by atoms with van der Waals surface area (Å²) in [6, 6.07) is 17.5. The van der Waals surface area contributed by atoms with Crippen molar-refractivity contribution >= 4 is 10.9 Å². The quantitative estimate of drug-likeness (QED) is 0.682. The van der Waals surface area contributed by atoms with Crippen molar-refractivity contribution in [3.63, 3.8) is 0 Å². The van der Waals surface area contributed by atoms with Crippen molar-refractivity contribution in [3.8, 4) is 5.75 Å². The van der Waals surface area contributed by atoms with Gasteiger partial charge in [-0.15, -0.1) is 0 Å². The highest BCUT2D eigenvalue weighted by molar-refractivity contribution is 5.79. The van der Waals surface area contributed by atoms with Gasteiger partial charge in [0.1, 0.15) is 11.9 Å². The molecule has 2 heterocycles. The number of fused-ring (bicyclic) bond motifs is 1. The summed E-state index contributed by atoms with van der Waals surface area (Å²) in [5.74, 6) is 0.812. The topological polar surface area (TPSA) is 60.5 Å². The first-order valence-corrected chi connectivity index (χ1v) is 10.1. The molecule has 152 valence electrons. The molecule has 0 spiro atoms. The molecule has 1 N–H and O–H groups in total. The van der Waals surface area contributed by atoms with Crippen LogP contribution in [0, 0.1) is 0 Å². The Kier molecular flexibility index (Phi) is 5.43. The normalized spacial score (nSPS) is 23.1. The second-order valence-electron chi connectivity index (χ2n) is 7.79. The maximum atomic E-state index is 11.5. The van der Waals surface area contributed by atoms with E-state index in [2.05, 4.69) is 30.1 Å². The number of hydrogen-bond donors (Lipinski definition) is 1. The van der Waals surface area contributed by atoms with Crippen LogP contribution in [0.2, 0.25) is 0 Å². The zero-order valence-electron chi connectivity index (χ0n) is 17.1. The third kappa shape index (κ3) is 4.07. The van der Waals surface area contributed by atoms with Crippen LogP contribution in [0.3, 0.4) is 0 Å². The maximum absolute atomic E-state index is 11.5. The van der Waals surface area contributed by atoms with Gasteiger partial charge in [0.05, 0.1) is 18.3 Å². The minimum Gasteiger partial charge on any atom is -0.486 e. The predicted molar refractivity (Wildman–Crippen MR) is 113 cm³/mol. The molecule has 0 radical (unpaired) electrons. The molecule has 3 aromatic rings. The number of hydrogen-bond acceptors (Lipinski definition) is 4. The highest BCUT2D eigenvalue weighted by atomic mass is 16.5. The third-order valence-corrected chi connectivity index (χ3v) is 5.81. The number of ether oxygens (including phenoxy) is 3. The van der Waals surface area contributed by atoms with E-state index < -0.39 is 0 Å². The van der Waals surface area contributed by atoms with E-state index in [1.54, 1.807) is 13.2 Å². The lowest BCUT2D eigenvalue weighted by atomic mass is 9.83. The second kappa shape index (κ2) is 8.01. The Morgan fingerprint density at radius 1 is 1.17 bits per heavy atom. The Balaban J connectivity index is 1.57. The molecule has 1 fully saturated rings. The Hall–Kier alpha value is -2.63. The number of benzene rings is 2. The molecule has 0 aliphatic carbocycles. The molecule has 1 aliphatic rings. The van der Waals surface area contributed by atoms with Crippen LogP contribution in [0.1, 0.15) is 43.9 Å². The van der Waals surface area contributed by atoms with Gasteiger partial charge >= 0.3 is 0 Å². The molecular weight excluding hydrogens is 366 g/mol. The molecule has 4 rings (SSSR count). The first kappa shape index (κ1) is 19.7. The molecule has 2 aromatic carbocycles. The van der Waals surface area contributed by atoms with E-state index in [1.165, 1.54) is 0 Å². The summed E-state index contributed by atoms with van der Waals surface area (Å²) in [6.45, 7) is 4.81. The van der Waals surface area contributed by atoms with Crippen molar-refractivity contribution in [3.05, 3.63) is 76.1 Å². The van der Waals surface area contributed by atoms with Crippen LogP contribution in [-0.4, -0.2) is 24.8 Å². The van der Waals surface area contributed by atoms with Gasteiger partial charge in [0.15, 0.2) is 0 Å². The number of aromatic nitrogens is 1. The largest absolute Gasteiger partial charge is 0.486 e. The van der Waals surface area contributed by atoms with Crippen molar-refractivity contribution in [2.45, 2.75) is 44.5 Å². The fourth-order valence-corrected chi connectivity index (χ4v) is 4.17.